The zero-order chi connectivity index (χ0) is 23.0. The molecule has 0 bridgehead atoms. The first-order valence-electron chi connectivity index (χ1n) is 9.93. The van der Waals surface area contributed by atoms with Crippen LogP contribution in [-0.4, -0.2) is 57.3 Å². The fourth-order valence-corrected chi connectivity index (χ4v) is 4.45. The Morgan fingerprint density at radius 2 is 2.12 bits per heavy atom. The monoisotopic (exact) mass is 465 g/mol. The minimum Gasteiger partial charge on any atom is -0.503 e. The van der Waals surface area contributed by atoms with Crippen LogP contribution in [0.15, 0.2) is 29.2 Å². The molecule has 0 unspecified atom stereocenters. The molecule has 8 nitrogen and oxygen atoms in total. The van der Waals surface area contributed by atoms with E-state index in [0.717, 1.165) is 18.2 Å². The molecule has 1 aromatic heterocycles. The van der Waals surface area contributed by atoms with E-state index in [1.165, 1.54) is 16.8 Å². The quantitative estimate of drug-likeness (QED) is 0.674. The number of thioether (sulfide) groups is 1. The molecule has 32 heavy (non-hydrogen) atoms. The van der Waals surface area contributed by atoms with Crippen molar-refractivity contribution in [2.75, 3.05) is 18.6 Å². The van der Waals surface area contributed by atoms with Gasteiger partial charge in [0.2, 0.25) is 5.43 Å². The maximum atomic E-state index is 13.8. The van der Waals surface area contributed by atoms with Crippen molar-refractivity contribution in [3.05, 3.63) is 63.1 Å². The van der Waals surface area contributed by atoms with Crippen LogP contribution >= 0.6 is 11.8 Å². The first-order valence-corrected chi connectivity index (χ1v) is 11.3. The first-order chi connectivity index (χ1) is 15.3. The van der Waals surface area contributed by atoms with Gasteiger partial charge < -0.3 is 24.6 Å². The van der Waals surface area contributed by atoms with E-state index in [4.69, 9.17) is 4.74 Å². The number of amides is 2. The van der Waals surface area contributed by atoms with Gasteiger partial charge in [-0.25, -0.2) is 8.78 Å². The summed E-state index contributed by atoms with van der Waals surface area (Å²) < 4.78 is 33.9. The van der Waals surface area contributed by atoms with Gasteiger partial charge in [-0.15, -0.1) is 0 Å². The first kappa shape index (κ1) is 22.3. The van der Waals surface area contributed by atoms with E-state index in [9.17, 15) is 28.3 Å². The van der Waals surface area contributed by atoms with Crippen molar-refractivity contribution < 1.29 is 28.2 Å². The number of nitrogens with zero attached hydrogens (tertiary/aromatic N) is 2. The average molecular weight is 465 g/mol. The average Bonchev–Trinajstić information content (AvgIpc) is 3.17. The molecule has 11 heteroatoms. The second-order valence-electron chi connectivity index (χ2n) is 7.58. The second kappa shape index (κ2) is 8.91. The summed E-state index contributed by atoms with van der Waals surface area (Å²) in [4.78, 5) is 39.8. The highest BCUT2D eigenvalue weighted by Gasteiger charge is 2.44. The summed E-state index contributed by atoms with van der Waals surface area (Å²) in [7, 11) is 0. The minimum atomic E-state index is -0.999. The van der Waals surface area contributed by atoms with Crippen LogP contribution in [0.25, 0.3) is 0 Å². The molecule has 0 saturated carbocycles. The molecule has 4 rings (SSSR count). The lowest BCUT2D eigenvalue weighted by atomic mass is 10.1. The standard InChI is InChI=1S/C21H21F2N3O5S/c1-32-5-4-13-10-31-16-9-25-8-14(18(27)19(28)17(25)21(30)26(13)16)20(29)24-7-11-2-3-12(22)6-15(11)23/h2-3,6,8,13,16,28H,4-5,7,9-10H2,1H3,(H,24,29)/t13-,16-/m0/s1. The molecular formula is C21H21F2N3O5S. The van der Waals surface area contributed by atoms with Gasteiger partial charge in [-0.1, -0.05) is 6.07 Å². The van der Waals surface area contributed by atoms with Gasteiger partial charge in [0.25, 0.3) is 11.8 Å². The van der Waals surface area contributed by atoms with Gasteiger partial charge in [0.1, 0.15) is 17.2 Å². The van der Waals surface area contributed by atoms with Gasteiger partial charge in [0, 0.05) is 24.4 Å². The molecule has 1 fully saturated rings. The number of ether oxygens (including phenoxy) is 1. The van der Waals surface area contributed by atoms with E-state index in [1.807, 2.05) is 6.26 Å². The number of rotatable bonds is 6. The maximum absolute atomic E-state index is 13.8. The van der Waals surface area contributed by atoms with Crippen molar-refractivity contribution in [1.29, 1.82) is 0 Å². The van der Waals surface area contributed by atoms with E-state index in [-0.39, 0.29) is 30.4 Å². The summed E-state index contributed by atoms with van der Waals surface area (Å²) in [5, 5.41) is 12.9. The number of pyridine rings is 1. The molecule has 2 N–H and O–H groups in total. The van der Waals surface area contributed by atoms with Crippen molar-refractivity contribution in [3.8, 4) is 5.75 Å². The largest absolute Gasteiger partial charge is 0.503 e. The molecule has 0 aliphatic carbocycles. The van der Waals surface area contributed by atoms with Crippen LogP contribution in [0.1, 0.15) is 32.8 Å². The second-order valence-corrected chi connectivity index (χ2v) is 8.56. The zero-order valence-corrected chi connectivity index (χ0v) is 18.0. The third kappa shape index (κ3) is 3.97. The highest BCUT2D eigenvalue weighted by atomic mass is 32.2. The Hall–Kier alpha value is -2.92. The normalized spacial score (nSPS) is 19.6. The van der Waals surface area contributed by atoms with Crippen molar-refractivity contribution in [3.63, 3.8) is 0 Å². The van der Waals surface area contributed by atoms with Crippen molar-refractivity contribution >= 4 is 23.6 Å². The number of carbonyl (C=O) groups excluding carboxylic acids is 2. The molecule has 0 radical (unpaired) electrons. The Morgan fingerprint density at radius 3 is 2.84 bits per heavy atom. The molecule has 2 atom stereocenters. The van der Waals surface area contributed by atoms with Crippen LogP contribution in [0.2, 0.25) is 0 Å². The van der Waals surface area contributed by atoms with Gasteiger partial charge in [0.05, 0.1) is 19.2 Å². The van der Waals surface area contributed by atoms with E-state index in [2.05, 4.69) is 5.32 Å². The van der Waals surface area contributed by atoms with Crippen LogP contribution in [0.4, 0.5) is 8.78 Å². The van der Waals surface area contributed by atoms with E-state index in [1.54, 1.807) is 16.7 Å². The smallest absolute Gasteiger partial charge is 0.276 e. The molecule has 0 spiro atoms. The molecule has 1 aromatic carbocycles. The van der Waals surface area contributed by atoms with Crippen LogP contribution in [0.5, 0.6) is 5.75 Å². The Kier molecular flexibility index (Phi) is 6.20. The van der Waals surface area contributed by atoms with Gasteiger partial charge >= 0.3 is 0 Å². The fourth-order valence-electron chi connectivity index (χ4n) is 3.94. The highest BCUT2D eigenvalue weighted by Crippen LogP contribution is 2.31. The molecule has 1 saturated heterocycles. The summed E-state index contributed by atoms with van der Waals surface area (Å²) in [5.41, 5.74) is -1.55. The predicted molar refractivity (Wildman–Crippen MR) is 113 cm³/mol. The number of fused-ring (bicyclic) bond motifs is 2. The summed E-state index contributed by atoms with van der Waals surface area (Å²) in [6, 6.07) is 2.76. The molecular weight excluding hydrogens is 444 g/mol. The van der Waals surface area contributed by atoms with E-state index in [0.29, 0.717) is 12.7 Å². The third-order valence-electron chi connectivity index (χ3n) is 5.59. The van der Waals surface area contributed by atoms with Gasteiger partial charge in [-0.3, -0.25) is 14.4 Å². The van der Waals surface area contributed by atoms with Gasteiger partial charge in [-0.2, -0.15) is 11.8 Å². The number of halogens is 2. The number of carbonyl (C=O) groups is 2. The van der Waals surface area contributed by atoms with Crippen molar-refractivity contribution in [1.82, 2.24) is 14.8 Å². The lowest BCUT2D eigenvalue weighted by molar-refractivity contribution is 0.00567. The van der Waals surface area contributed by atoms with Crippen LogP contribution in [0.3, 0.4) is 0 Å². The number of aromatic nitrogens is 1. The van der Waals surface area contributed by atoms with Gasteiger partial charge in [-0.05, 0) is 24.5 Å². The van der Waals surface area contributed by atoms with Crippen LogP contribution in [-0.2, 0) is 17.8 Å². The predicted octanol–water partition coefficient (Wildman–Crippen LogP) is 1.70. The molecule has 2 amide bonds. The van der Waals surface area contributed by atoms with Crippen molar-refractivity contribution in [2.24, 2.45) is 0 Å². The molecule has 170 valence electrons. The lowest BCUT2D eigenvalue weighted by Crippen LogP contribution is -2.49. The summed E-state index contributed by atoms with van der Waals surface area (Å²) in [6.45, 7) is 0.215. The van der Waals surface area contributed by atoms with Crippen molar-refractivity contribution in [2.45, 2.75) is 31.8 Å². The summed E-state index contributed by atoms with van der Waals surface area (Å²) >= 11 is 1.65. The Balaban J connectivity index is 1.58. The zero-order valence-electron chi connectivity index (χ0n) is 17.1. The van der Waals surface area contributed by atoms with E-state index >= 15 is 0 Å². The number of hydrogen-bond donors (Lipinski definition) is 2. The third-order valence-corrected chi connectivity index (χ3v) is 6.23. The van der Waals surface area contributed by atoms with E-state index < -0.39 is 46.4 Å². The summed E-state index contributed by atoms with van der Waals surface area (Å²) in [5.74, 6) is -2.96. The molecule has 2 aliphatic heterocycles. The Morgan fingerprint density at radius 1 is 1.34 bits per heavy atom. The number of nitrogens with one attached hydrogen (secondary N) is 1. The maximum Gasteiger partial charge on any atom is 0.276 e. The minimum absolute atomic E-state index is 0.0310. The molecule has 3 heterocycles. The highest BCUT2D eigenvalue weighted by molar-refractivity contribution is 7.98. The van der Waals surface area contributed by atoms with Gasteiger partial charge in [0.15, 0.2) is 17.7 Å². The molecule has 2 aromatic rings. The summed E-state index contributed by atoms with van der Waals surface area (Å²) in [6.07, 6.45) is 3.31. The SMILES string of the molecule is CSCC[C@H]1CO[C@H]2Cn3cc(C(=O)NCc4ccc(F)cc4F)c(=O)c(O)c3C(=O)N12. The van der Waals surface area contributed by atoms with Crippen LogP contribution < -0.4 is 10.7 Å². The number of aromatic hydroxyl groups is 1. The topological polar surface area (TPSA) is 101 Å². The lowest BCUT2D eigenvalue weighted by Gasteiger charge is -2.34. The Bertz CT molecular complexity index is 1140. The van der Waals surface area contributed by atoms with Crippen LogP contribution in [0, 0.1) is 11.6 Å². The number of hydrogen-bond acceptors (Lipinski definition) is 6. The Labute approximate surface area is 186 Å². The fraction of sp³-hybridized carbons (Fsp3) is 0.381. The number of benzene rings is 1. The molecule has 2 aliphatic rings.